The van der Waals surface area contributed by atoms with Crippen LogP contribution < -0.4 is 19.5 Å². The van der Waals surface area contributed by atoms with Gasteiger partial charge in [-0.2, -0.15) is 4.52 Å². The number of benzene rings is 2. The molecule has 0 unspecified atom stereocenters. The van der Waals surface area contributed by atoms with Crippen LogP contribution in [0.15, 0.2) is 60.7 Å². The molecule has 1 N–H and O–H groups in total. The standard InChI is InChI=1S/C22H21N5O4/c1-29-16-8-9-17(18(14-16)30-2)22(28)23-12-13-31-20-11-10-19-24-25-21(27(19)26-20)15-6-4-3-5-7-15/h3-11,14H,12-13H2,1-2H3,(H,23,28). The molecule has 0 bridgehead atoms. The Labute approximate surface area is 178 Å². The van der Waals surface area contributed by atoms with Gasteiger partial charge in [-0.3, -0.25) is 4.79 Å². The van der Waals surface area contributed by atoms with Gasteiger partial charge < -0.3 is 19.5 Å². The first-order valence-electron chi connectivity index (χ1n) is 9.60. The number of hydrogen-bond acceptors (Lipinski definition) is 7. The molecule has 0 radical (unpaired) electrons. The highest BCUT2D eigenvalue weighted by Gasteiger charge is 2.13. The molecule has 9 nitrogen and oxygen atoms in total. The molecule has 31 heavy (non-hydrogen) atoms. The lowest BCUT2D eigenvalue weighted by molar-refractivity contribution is 0.0943. The highest BCUT2D eigenvalue weighted by Crippen LogP contribution is 2.24. The van der Waals surface area contributed by atoms with Crippen molar-refractivity contribution in [3.63, 3.8) is 0 Å². The van der Waals surface area contributed by atoms with Crippen LogP contribution in [0.4, 0.5) is 0 Å². The molecule has 0 atom stereocenters. The van der Waals surface area contributed by atoms with E-state index in [1.807, 2.05) is 30.3 Å². The summed E-state index contributed by atoms with van der Waals surface area (Å²) < 4.78 is 17.8. The first-order chi connectivity index (χ1) is 15.2. The number of carbonyl (C=O) groups is 1. The number of amides is 1. The van der Waals surface area contributed by atoms with Crippen LogP contribution in [0.25, 0.3) is 17.0 Å². The smallest absolute Gasteiger partial charge is 0.255 e. The highest BCUT2D eigenvalue weighted by atomic mass is 16.5. The Bertz CT molecular complexity index is 1190. The number of fused-ring (bicyclic) bond motifs is 1. The number of ether oxygens (including phenoxy) is 3. The van der Waals surface area contributed by atoms with Crippen molar-refractivity contribution in [1.82, 2.24) is 25.1 Å². The van der Waals surface area contributed by atoms with E-state index in [0.29, 0.717) is 41.0 Å². The van der Waals surface area contributed by atoms with Gasteiger partial charge in [0, 0.05) is 17.7 Å². The van der Waals surface area contributed by atoms with E-state index < -0.39 is 0 Å². The van der Waals surface area contributed by atoms with Gasteiger partial charge in [-0.05, 0) is 18.2 Å². The lowest BCUT2D eigenvalue weighted by Gasteiger charge is -2.11. The van der Waals surface area contributed by atoms with Crippen LogP contribution in [0.1, 0.15) is 10.4 Å². The molecule has 0 fully saturated rings. The van der Waals surface area contributed by atoms with Gasteiger partial charge in [0.25, 0.3) is 5.91 Å². The molecule has 2 aromatic heterocycles. The van der Waals surface area contributed by atoms with Crippen molar-refractivity contribution in [2.45, 2.75) is 0 Å². The van der Waals surface area contributed by atoms with Crippen LogP contribution in [0.5, 0.6) is 17.4 Å². The molecule has 0 aliphatic carbocycles. The molecule has 1 amide bonds. The first-order valence-corrected chi connectivity index (χ1v) is 9.60. The number of aromatic nitrogens is 4. The summed E-state index contributed by atoms with van der Waals surface area (Å²) in [6.07, 6.45) is 0. The second-order valence-electron chi connectivity index (χ2n) is 6.50. The van der Waals surface area contributed by atoms with Crippen LogP contribution in [0, 0.1) is 0 Å². The zero-order chi connectivity index (χ0) is 21.6. The van der Waals surface area contributed by atoms with Crippen molar-refractivity contribution in [3.05, 3.63) is 66.2 Å². The number of nitrogens with one attached hydrogen (secondary N) is 1. The molecule has 0 aliphatic rings. The zero-order valence-electron chi connectivity index (χ0n) is 17.1. The number of carbonyl (C=O) groups excluding carboxylic acids is 1. The second kappa shape index (κ2) is 9.12. The third-order valence-corrected chi connectivity index (χ3v) is 4.56. The van der Waals surface area contributed by atoms with Crippen molar-refractivity contribution < 1.29 is 19.0 Å². The largest absolute Gasteiger partial charge is 0.497 e. The lowest BCUT2D eigenvalue weighted by atomic mass is 10.1. The molecule has 2 heterocycles. The molecule has 0 saturated heterocycles. The number of methoxy groups -OCH3 is 2. The summed E-state index contributed by atoms with van der Waals surface area (Å²) >= 11 is 0. The molecule has 4 rings (SSSR count). The average molecular weight is 419 g/mol. The van der Waals surface area contributed by atoms with Crippen LogP contribution in [0.3, 0.4) is 0 Å². The summed E-state index contributed by atoms with van der Waals surface area (Å²) in [4.78, 5) is 12.5. The Hall–Kier alpha value is -4.14. The molecular formula is C22H21N5O4. The Kier molecular flexibility index (Phi) is 5.93. The van der Waals surface area contributed by atoms with Crippen LogP contribution >= 0.6 is 0 Å². The third-order valence-electron chi connectivity index (χ3n) is 4.56. The Morgan fingerprint density at radius 3 is 2.61 bits per heavy atom. The van der Waals surface area contributed by atoms with Crippen molar-refractivity contribution in [1.29, 1.82) is 0 Å². The third kappa shape index (κ3) is 4.40. The Morgan fingerprint density at radius 2 is 1.84 bits per heavy atom. The predicted molar refractivity (Wildman–Crippen MR) is 114 cm³/mol. The summed E-state index contributed by atoms with van der Waals surface area (Å²) in [5.74, 6) is 1.81. The van der Waals surface area contributed by atoms with E-state index >= 15 is 0 Å². The van der Waals surface area contributed by atoms with Gasteiger partial charge in [-0.1, -0.05) is 30.3 Å². The monoisotopic (exact) mass is 419 g/mol. The molecular weight excluding hydrogens is 398 g/mol. The quantitative estimate of drug-likeness (QED) is 0.438. The first kappa shape index (κ1) is 20.1. The Morgan fingerprint density at radius 1 is 1.00 bits per heavy atom. The second-order valence-corrected chi connectivity index (χ2v) is 6.50. The van der Waals surface area contributed by atoms with Gasteiger partial charge in [0.05, 0.1) is 26.3 Å². The maximum atomic E-state index is 12.5. The summed E-state index contributed by atoms with van der Waals surface area (Å²) in [6, 6.07) is 18.2. The minimum atomic E-state index is -0.267. The van der Waals surface area contributed by atoms with Crippen molar-refractivity contribution >= 4 is 11.6 Å². The van der Waals surface area contributed by atoms with Crippen LogP contribution in [-0.4, -0.2) is 53.1 Å². The van der Waals surface area contributed by atoms with Crippen molar-refractivity contribution in [2.24, 2.45) is 0 Å². The van der Waals surface area contributed by atoms with Crippen LogP contribution in [0.2, 0.25) is 0 Å². The summed E-state index contributed by atoms with van der Waals surface area (Å²) in [5, 5.41) is 15.6. The van der Waals surface area contributed by atoms with E-state index in [0.717, 1.165) is 5.56 Å². The topological polar surface area (TPSA) is 99.9 Å². The molecule has 9 heteroatoms. The highest BCUT2D eigenvalue weighted by molar-refractivity contribution is 5.97. The molecule has 0 saturated carbocycles. The summed E-state index contributed by atoms with van der Waals surface area (Å²) in [6.45, 7) is 0.535. The average Bonchev–Trinajstić information content (AvgIpc) is 3.25. The zero-order valence-corrected chi connectivity index (χ0v) is 17.1. The minimum Gasteiger partial charge on any atom is -0.497 e. The van der Waals surface area contributed by atoms with Gasteiger partial charge in [0.2, 0.25) is 5.88 Å². The van der Waals surface area contributed by atoms with E-state index in [-0.39, 0.29) is 12.5 Å². The fourth-order valence-electron chi connectivity index (χ4n) is 3.02. The fraction of sp³-hybridized carbons (Fsp3) is 0.182. The van der Waals surface area contributed by atoms with Gasteiger partial charge in [0.15, 0.2) is 11.5 Å². The summed E-state index contributed by atoms with van der Waals surface area (Å²) in [7, 11) is 3.06. The maximum absolute atomic E-state index is 12.5. The maximum Gasteiger partial charge on any atom is 0.255 e. The number of rotatable bonds is 8. The number of hydrogen-bond donors (Lipinski definition) is 1. The van der Waals surface area contributed by atoms with Gasteiger partial charge >= 0.3 is 0 Å². The van der Waals surface area contributed by atoms with E-state index in [1.165, 1.54) is 7.11 Å². The minimum absolute atomic E-state index is 0.242. The number of nitrogens with zero attached hydrogens (tertiary/aromatic N) is 4. The van der Waals surface area contributed by atoms with E-state index in [1.54, 1.807) is 42.0 Å². The van der Waals surface area contributed by atoms with E-state index in [9.17, 15) is 4.79 Å². The van der Waals surface area contributed by atoms with Gasteiger partial charge in [-0.15, -0.1) is 15.3 Å². The van der Waals surface area contributed by atoms with Gasteiger partial charge in [0.1, 0.15) is 18.1 Å². The Balaban J connectivity index is 1.38. The van der Waals surface area contributed by atoms with E-state index in [4.69, 9.17) is 14.2 Å². The van der Waals surface area contributed by atoms with E-state index in [2.05, 4.69) is 20.6 Å². The molecule has 0 aliphatic heterocycles. The lowest BCUT2D eigenvalue weighted by Crippen LogP contribution is -2.28. The SMILES string of the molecule is COc1ccc(C(=O)NCCOc2ccc3nnc(-c4ccccc4)n3n2)c(OC)c1. The van der Waals surface area contributed by atoms with Crippen molar-refractivity contribution in [3.8, 4) is 28.8 Å². The van der Waals surface area contributed by atoms with Crippen LogP contribution in [-0.2, 0) is 0 Å². The molecule has 158 valence electrons. The predicted octanol–water partition coefficient (Wildman–Crippen LogP) is 2.62. The normalized spacial score (nSPS) is 10.6. The van der Waals surface area contributed by atoms with Gasteiger partial charge in [-0.25, -0.2) is 0 Å². The molecule has 4 aromatic rings. The molecule has 2 aromatic carbocycles. The fourth-order valence-corrected chi connectivity index (χ4v) is 3.02. The summed E-state index contributed by atoms with van der Waals surface area (Å²) in [5.41, 5.74) is 1.94. The molecule has 0 spiro atoms. The van der Waals surface area contributed by atoms with Crippen molar-refractivity contribution in [2.75, 3.05) is 27.4 Å².